The van der Waals surface area contributed by atoms with E-state index in [2.05, 4.69) is 42.5 Å². The van der Waals surface area contributed by atoms with E-state index in [0.717, 1.165) is 32.9 Å². The van der Waals surface area contributed by atoms with Crippen molar-refractivity contribution in [2.75, 3.05) is 17.7 Å². The predicted octanol–water partition coefficient (Wildman–Crippen LogP) is 6.38. The Morgan fingerprint density at radius 2 is 1.79 bits per heavy atom. The molecule has 0 saturated carbocycles. The molecule has 0 aliphatic heterocycles. The number of rotatable bonds is 4. The van der Waals surface area contributed by atoms with Gasteiger partial charge in [-0.2, -0.15) is 0 Å². The molecule has 2 heterocycles. The summed E-state index contributed by atoms with van der Waals surface area (Å²) in [4.78, 5) is 18.1. The van der Waals surface area contributed by atoms with E-state index in [1.807, 2.05) is 44.2 Å². The first-order valence-corrected chi connectivity index (χ1v) is 10.3. The molecule has 0 bridgehead atoms. The fraction of sp³-hybridized carbons (Fsp3) is 0.304. The van der Waals surface area contributed by atoms with Gasteiger partial charge in [-0.3, -0.25) is 5.32 Å². The first-order valence-electron chi connectivity index (χ1n) is 9.47. The van der Waals surface area contributed by atoms with Gasteiger partial charge in [0.2, 0.25) is 5.88 Å². The number of methoxy groups -OCH3 is 1. The van der Waals surface area contributed by atoms with Gasteiger partial charge in [-0.1, -0.05) is 26.8 Å². The number of carbonyl (C=O) groups excluding carboxylic acids is 1. The van der Waals surface area contributed by atoms with Gasteiger partial charge in [0.05, 0.1) is 12.1 Å². The normalized spacial score (nSPS) is 11.2. The summed E-state index contributed by atoms with van der Waals surface area (Å²) in [6, 6.07) is 11.5. The molecular formula is C23H27N3O2S. The summed E-state index contributed by atoms with van der Waals surface area (Å²) in [5, 5.41) is 6.79. The average molecular weight is 410 g/mol. The third kappa shape index (κ3) is 4.95. The number of nitrogens with one attached hydrogen (secondary N) is 2. The zero-order valence-electron chi connectivity index (χ0n) is 17.7. The van der Waals surface area contributed by atoms with Crippen molar-refractivity contribution in [3.8, 4) is 17.0 Å². The van der Waals surface area contributed by atoms with E-state index in [-0.39, 0.29) is 11.4 Å². The molecule has 0 spiro atoms. The highest BCUT2D eigenvalue weighted by molar-refractivity contribution is 7.16. The lowest BCUT2D eigenvalue weighted by Gasteiger charge is -2.15. The number of thiophene rings is 1. The largest absolute Gasteiger partial charge is 0.481 e. The van der Waals surface area contributed by atoms with Crippen molar-refractivity contribution in [2.45, 2.75) is 40.0 Å². The minimum Gasteiger partial charge on any atom is -0.481 e. The molecule has 3 aromatic rings. The zero-order chi connectivity index (χ0) is 21.2. The number of aromatic nitrogens is 1. The average Bonchev–Trinajstić information content (AvgIpc) is 3.04. The van der Waals surface area contributed by atoms with Crippen LogP contribution in [0.1, 0.15) is 36.8 Å². The predicted molar refractivity (Wildman–Crippen MR) is 121 cm³/mol. The molecule has 0 aliphatic rings. The van der Waals surface area contributed by atoms with Crippen molar-refractivity contribution >= 4 is 28.1 Å². The van der Waals surface area contributed by atoms with Gasteiger partial charge < -0.3 is 10.1 Å². The molecule has 152 valence electrons. The second kappa shape index (κ2) is 8.25. The number of amides is 2. The number of hydrogen-bond donors (Lipinski definition) is 2. The highest BCUT2D eigenvalue weighted by Gasteiger charge is 2.19. The maximum absolute atomic E-state index is 12.6. The van der Waals surface area contributed by atoms with E-state index in [1.54, 1.807) is 24.6 Å². The van der Waals surface area contributed by atoms with Crippen LogP contribution in [0.15, 0.2) is 42.6 Å². The van der Waals surface area contributed by atoms with Crippen LogP contribution in [0.3, 0.4) is 0 Å². The van der Waals surface area contributed by atoms with Gasteiger partial charge in [0.1, 0.15) is 0 Å². The lowest BCUT2D eigenvalue weighted by atomic mass is 9.94. The van der Waals surface area contributed by atoms with Crippen molar-refractivity contribution in [2.24, 2.45) is 0 Å². The van der Waals surface area contributed by atoms with Gasteiger partial charge in [-0.05, 0) is 60.2 Å². The van der Waals surface area contributed by atoms with Crippen molar-refractivity contribution in [1.29, 1.82) is 0 Å². The Kier molecular flexibility index (Phi) is 5.94. The summed E-state index contributed by atoms with van der Waals surface area (Å²) in [6.45, 7) is 10.6. The number of pyridine rings is 1. The standard InChI is InChI=1S/C23H27N3O2S/c1-14-7-9-17(12-18(14)16-8-10-20(28-6)24-13-16)25-22(27)26-21-15(2)11-19(29-21)23(3,4)5/h7-13H,1-6H3,(H2,25,26,27). The van der Waals surface area contributed by atoms with Crippen LogP contribution in [0, 0.1) is 13.8 Å². The Bertz CT molecular complexity index is 1020. The summed E-state index contributed by atoms with van der Waals surface area (Å²) >= 11 is 1.62. The molecule has 29 heavy (non-hydrogen) atoms. The zero-order valence-corrected chi connectivity index (χ0v) is 18.5. The molecule has 2 aromatic heterocycles. The number of anilines is 2. The van der Waals surface area contributed by atoms with E-state index in [1.165, 1.54) is 4.88 Å². The van der Waals surface area contributed by atoms with Gasteiger partial charge in [0.25, 0.3) is 0 Å². The third-order valence-corrected chi connectivity index (χ3v) is 6.21. The van der Waals surface area contributed by atoms with Crippen LogP contribution in [0.4, 0.5) is 15.5 Å². The number of aryl methyl sites for hydroxylation is 2. The second-order valence-corrected chi connectivity index (χ2v) is 9.12. The van der Waals surface area contributed by atoms with Crippen molar-refractivity contribution in [3.05, 3.63) is 58.6 Å². The molecule has 0 radical (unpaired) electrons. The topological polar surface area (TPSA) is 63.2 Å². The van der Waals surface area contributed by atoms with E-state index in [9.17, 15) is 4.79 Å². The molecule has 0 fully saturated rings. The highest BCUT2D eigenvalue weighted by Crippen LogP contribution is 2.35. The number of benzene rings is 1. The number of urea groups is 1. The van der Waals surface area contributed by atoms with Crippen LogP contribution < -0.4 is 15.4 Å². The molecule has 1 aromatic carbocycles. The lowest BCUT2D eigenvalue weighted by Crippen LogP contribution is -2.19. The Hall–Kier alpha value is -2.86. The van der Waals surface area contributed by atoms with Gasteiger partial charge in [-0.15, -0.1) is 11.3 Å². The molecule has 5 nitrogen and oxygen atoms in total. The molecule has 3 rings (SSSR count). The molecule has 6 heteroatoms. The Morgan fingerprint density at radius 3 is 2.38 bits per heavy atom. The van der Waals surface area contributed by atoms with Crippen LogP contribution in [-0.2, 0) is 5.41 Å². The summed E-state index contributed by atoms with van der Waals surface area (Å²) < 4.78 is 5.13. The van der Waals surface area contributed by atoms with Gasteiger partial charge in [-0.25, -0.2) is 9.78 Å². The SMILES string of the molecule is COc1ccc(-c2cc(NC(=O)Nc3sc(C(C)(C)C)cc3C)ccc2C)cn1. The molecule has 0 unspecified atom stereocenters. The van der Waals surface area contributed by atoms with Crippen LogP contribution in [0.2, 0.25) is 0 Å². The fourth-order valence-electron chi connectivity index (χ4n) is 2.91. The van der Waals surface area contributed by atoms with E-state index in [4.69, 9.17) is 4.74 Å². The fourth-order valence-corrected chi connectivity index (χ4v) is 4.04. The van der Waals surface area contributed by atoms with E-state index in [0.29, 0.717) is 5.88 Å². The van der Waals surface area contributed by atoms with E-state index < -0.39 is 0 Å². The van der Waals surface area contributed by atoms with Gasteiger partial charge >= 0.3 is 6.03 Å². The van der Waals surface area contributed by atoms with E-state index >= 15 is 0 Å². The summed E-state index contributed by atoms with van der Waals surface area (Å²) in [6.07, 6.45) is 1.77. The summed E-state index contributed by atoms with van der Waals surface area (Å²) in [5.41, 5.74) is 4.95. The second-order valence-electron chi connectivity index (χ2n) is 8.07. The maximum Gasteiger partial charge on any atom is 0.324 e. The van der Waals surface area contributed by atoms with Gasteiger partial charge in [0, 0.05) is 28.4 Å². The summed E-state index contributed by atoms with van der Waals surface area (Å²) in [7, 11) is 1.59. The molecule has 0 aliphatic carbocycles. The number of carbonyl (C=O) groups is 1. The molecule has 2 amide bonds. The third-order valence-electron chi connectivity index (χ3n) is 4.64. The molecular weight excluding hydrogens is 382 g/mol. The van der Waals surface area contributed by atoms with Crippen molar-refractivity contribution < 1.29 is 9.53 Å². The number of ether oxygens (including phenoxy) is 1. The Balaban J connectivity index is 1.76. The Morgan fingerprint density at radius 1 is 1.03 bits per heavy atom. The maximum atomic E-state index is 12.6. The van der Waals surface area contributed by atoms with Crippen LogP contribution in [-0.4, -0.2) is 18.1 Å². The summed E-state index contributed by atoms with van der Waals surface area (Å²) in [5.74, 6) is 0.570. The van der Waals surface area contributed by atoms with Gasteiger partial charge in [0.15, 0.2) is 0 Å². The van der Waals surface area contributed by atoms with Crippen molar-refractivity contribution in [3.63, 3.8) is 0 Å². The first kappa shape index (κ1) is 20.9. The number of hydrogen-bond acceptors (Lipinski definition) is 4. The minimum absolute atomic E-state index is 0.0596. The van der Waals surface area contributed by atoms with Crippen molar-refractivity contribution in [1.82, 2.24) is 4.98 Å². The Labute approximate surface area is 176 Å². The van der Waals surface area contributed by atoms with Crippen LogP contribution in [0.25, 0.3) is 11.1 Å². The smallest absolute Gasteiger partial charge is 0.324 e. The van der Waals surface area contributed by atoms with Crippen LogP contribution in [0.5, 0.6) is 5.88 Å². The molecule has 0 saturated heterocycles. The molecule has 2 N–H and O–H groups in total. The monoisotopic (exact) mass is 409 g/mol. The lowest BCUT2D eigenvalue weighted by molar-refractivity contribution is 0.262. The van der Waals surface area contributed by atoms with Crippen LogP contribution >= 0.6 is 11.3 Å². The first-order chi connectivity index (χ1) is 13.7. The highest BCUT2D eigenvalue weighted by atomic mass is 32.1. The number of nitrogens with zero attached hydrogens (tertiary/aromatic N) is 1. The molecule has 0 atom stereocenters. The quantitative estimate of drug-likeness (QED) is 0.526. The minimum atomic E-state index is -0.252.